The second kappa shape index (κ2) is 5.50. The van der Waals surface area contributed by atoms with Gasteiger partial charge in [0.1, 0.15) is 10.5 Å². The number of carbonyl (C=O) groups excluding carboxylic acids is 1. The first kappa shape index (κ1) is 15.3. The van der Waals surface area contributed by atoms with Crippen LogP contribution in [0.5, 0.6) is 0 Å². The number of nitrogens with zero attached hydrogens (tertiary/aromatic N) is 1. The summed E-state index contributed by atoms with van der Waals surface area (Å²) in [7, 11) is -3.94. The molecular weight excluding hydrogens is 294 g/mol. The average molecular weight is 304 g/mol. The molecule has 0 fully saturated rings. The Balaban J connectivity index is 3.81. The summed E-state index contributed by atoms with van der Waals surface area (Å²) >= 11 is 5.25. The second-order valence-corrected chi connectivity index (χ2v) is 6.02. The maximum absolute atomic E-state index is 12.0. The monoisotopic (exact) mass is 303 g/mol. The van der Waals surface area contributed by atoms with Crippen molar-refractivity contribution in [1.82, 2.24) is 0 Å². The van der Waals surface area contributed by atoms with Crippen molar-refractivity contribution in [2.24, 2.45) is 0 Å². The van der Waals surface area contributed by atoms with Crippen molar-refractivity contribution in [2.75, 3.05) is 5.75 Å². The zero-order valence-electron chi connectivity index (χ0n) is 9.92. The predicted octanol–water partition coefficient (Wildman–Crippen LogP) is 2.24. The molecule has 0 radical (unpaired) electrons. The average Bonchev–Trinajstić information content (AvgIpc) is 2.27. The molecule has 0 unspecified atom stereocenters. The van der Waals surface area contributed by atoms with Crippen LogP contribution in [-0.4, -0.2) is 24.3 Å². The molecular formula is C11H10ClNO5S. The van der Waals surface area contributed by atoms with Crippen molar-refractivity contribution in [3.8, 4) is 0 Å². The Hall–Kier alpha value is -1.73. The highest BCUT2D eigenvalue weighted by Gasteiger charge is 2.32. The van der Waals surface area contributed by atoms with Gasteiger partial charge in [-0.15, -0.1) is 6.58 Å². The van der Waals surface area contributed by atoms with Crippen LogP contribution < -0.4 is 0 Å². The van der Waals surface area contributed by atoms with Crippen LogP contribution in [0.25, 0.3) is 0 Å². The standard InChI is InChI=1S/C11H10ClNO5S/c1-3-6-19(17,18)10-7(2)4-5-8(11(12)14)9(10)13(15)16/h3-5H,1,6H2,2H3. The molecule has 6 nitrogen and oxygen atoms in total. The minimum atomic E-state index is -3.94. The highest BCUT2D eigenvalue weighted by molar-refractivity contribution is 7.91. The molecule has 0 saturated carbocycles. The van der Waals surface area contributed by atoms with E-state index in [9.17, 15) is 23.3 Å². The van der Waals surface area contributed by atoms with Crippen molar-refractivity contribution in [3.63, 3.8) is 0 Å². The number of halogens is 1. The van der Waals surface area contributed by atoms with Gasteiger partial charge in [0, 0.05) is 0 Å². The van der Waals surface area contributed by atoms with Gasteiger partial charge < -0.3 is 0 Å². The van der Waals surface area contributed by atoms with Gasteiger partial charge in [-0.05, 0) is 30.2 Å². The van der Waals surface area contributed by atoms with Crippen LogP contribution in [0.2, 0.25) is 0 Å². The van der Waals surface area contributed by atoms with Crippen LogP contribution in [0.3, 0.4) is 0 Å². The number of sulfone groups is 1. The number of carbonyl (C=O) groups is 1. The summed E-state index contributed by atoms with van der Waals surface area (Å²) in [6.45, 7) is 4.70. The number of rotatable bonds is 5. The third-order valence-corrected chi connectivity index (χ3v) is 4.39. The van der Waals surface area contributed by atoms with Crippen LogP contribution in [0, 0.1) is 17.0 Å². The first-order chi connectivity index (χ1) is 8.72. The van der Waals surface area contributed by atoms with Gasteiger partial charge in [0.25, 0.3) is 10.9 Å². The maximum Gasteiger partial charge on any atom is 0.300 e. The van der Waals surface area contributed by atoms with Crippen LogP contribution in [-0.2, 0) is 9.84 Å². The molecule has 0 aliphatic rings. The van der Waals surface area contributed by atoms with Crippen LogP contribution >= 0.6 is 11.6 Å². The topological polar surface area (TPSA) is 94.3 Å². The maximum atomic E-state index is 12.0. The lowest BCUT2D eigenvalue weighted by Crippen LogP contribution is -2.12. The van der Waals surface area contributed by atoms with E-state index in [1.807, 2.05) is 0 Å². The zero-order valence-corrected chi connectivity index (χ0v) is 11.5. The van der Waals surface area contributed by atoms with Crippen LogP contribution in [0.1, 0.15) is 15.9 Å². The molecule has 0 N–H and O–H groups in total. The fraction of sp³-hybridized carbons (Fsp3) is 0.182. The van der Waals surface area contributed by atoms with E-state index in [1.54, 1.807) is 0 Å². The fourth-order valence-corrected chi connectivity index (χ4v) is 3.31. The molecule has 0 bridgehead atoms. The molecule has 0 heterocycles. The number of nitro groups is 1. The van der Waals surface area contributed by atoms with E-state index in [-0.39, 0.29) is 5.56 Å². The van der Waals surface area contributed by atoms with Crippen molar-refractivity contribution in [2.45, 2.75) is 11.8 Å². The largest absolute Gasteiger partial charge is 0.300 e. The molecule has 0 spiro atoms. The third-order valence-electron chi connectivity index (χ3n) is 2.37. The van der Waals surface area contributed by atoms with E-state index in [1.165, 1.54) is 13.0 Å². The van der Waals surface area contributed by atoms with E-state index >= 15 is 0 Å². The van der Waals surface area contributed by atoms with Gasteiger partial charge in [-0.25, -0.2) is 8.42 Å². The molecule has 8 heteroatoms. The van der Waals surface area contributed by atoms with Gasteiger partial charge in [-0.3, -0.25) is 14.9 Å². The van der Waals surface area contributed by atoms with Gasteiger partial charge >= 0.3 is 0 Å². The number of benzene rings is 1. The van der Waals surface area contributed by atoms with Crippen molar-refractivity contribution >= 4 is 32.4 Å². The van der Waals surface area contributed by atoms with E-state index in [4.69, 9.17) is 11.6 Å². The molecule has 0 amide bonds. The van der Waals surface area contributed by atoms with Gasteiger partial charge in [0.2, 0.25) is 0 Å². The Bertz CT molecular complexity index is 666. The van der Waals surface area contributed by atoms with Crippen LogP contribution in [0.15, 0.2) is 29.7 Å². The van der Waals surface area contributed by atoms with E-state index in [0.717, 1.165) is 12.1 Å². The zero-order chi connectivity index (χ0) is 14.8. The fourth-order valence-electron chi connectivity index (χ4n) is 1.64. The highest BCUT2D eigenvalue weighted by atomic mass is 35.5. The lowest BCUT2D eigenvalue weighted by molar-refractivity contribution is -0.388. The molecule has 1 aromatic carbocycles. The van der Waals surface area contributed by atoms with E-state index in [2.05, 4.69) is 6.58 Å². The molecule has 0 aliphatic carbocycles. The van der Waals surface area contributed by atoms with Crippen molar-refractivity contribution in [3.05, 3.63) is 46.0 Å². The SMILES string of the molecule is C=CCS(=O)(=O)c1c(C)ccc(C(=O)Cl)c1[N+](=O)[O-]. The van der Waals surface area contributed by atoms with Crippen LogP contribution in [0.4, 0.5) is 5.69 Å². The molecule has 0 saturated heterocycles. The molecule has 19 heavy (non-hydrogen) atoms. The summed E-state index contributed by atoms with van der Waals surface area (Å²) in [4.78, 5) is 20.8. The Morgan fingerprint density at radius 3 is 2.53 bits per heavy atom. The summed E-state index contributed by atoms with van der Waals surface area (Å²) in [6.07, 6.45) is 1.12. The molecule has 0 atom stereocenters. The molecule has 1 aromatic rings. The lowest BCUT2D eigenvalue weighted by Gasteiger charge is -2.08. The quantitative estimate of drug-likeness (QED) is 0.360. The predicted molar refractivity (Wildman–Crippen MR) is 70.3 cm³/mol. The summed E-state index contributed by atoms with van der Waals surface area (Å²) in [6, 6.07) is 2.44. The van der Waals surface area contributed by atoms with Gasteiger partial charge in [0.15, 0.2) is 9.84 Å². The van der Waals surface area contributed by atoms with Gasteiger partial charge in [-0.1, -0.05) is 12.1 Å². The highest BCUT2D eigenvalue weighted by Crippen LogP contribution is 2.32. The minimum Gasteiger partial charge on any atom is -0.275 e. The van der Waals surface area contributed by atoms with E-state index < -0.39 is 41.9 Å². The smallest absolute Gasteiger partial charge is 0.275 e. The number of aryl methyl sites for hydroxylation is 1. The first-order valence-corrected chi connectivity index (χ1v) is 7.07. The summed E-state index contributed by atoms with van der Waals surface area (Å²) in [5, 5.41) is 9.97. The Morgan fingerprint density at radius 2 is 2.11 bits per heavy atom. The number of hydrogen-bond donors (Lipinski definition) is 0. The second-order valence-electron chi connectivity index (χ2n) is 3.71. The summed E-state index contributed by atoms with van der Waals surface area (Å²) in [5.41, 5.74) is -1.06. The lowest BCUT2D eigenvalue weighted by atomic mass is 10.1. The first-order valence-electron chi connectivity index (χ1n) is 5.04. The van der Waals surface area contributed by atoms with Gasteiger partial charge in [-0.2, -0.15) is 0 Å². The Morgan fingerprint density at radius 1 is 1.53 bits per heavy atom. The van der Waals surface area contributed by atoms with E-state index in [0.29, 0.717) is 0 Å². The molecule has 1 rings (SSSR count). The number of hydrogen-bond acceptors (Lipinski definition) is 5. The van der Waals surface area contributed by atoms with Gasteiger partial charge in [0.05, 0.1) is 10.7 Å². The molecule has 0 aromatic heterocycles. The van der Waals surface area contributed by atoms with Crippen molar-refractivity contribution in [1.29, 1.82) is 0 Å². The Kier molecular flexibility index (Phi) is 4.43. The molecule has 102 valence electrons. The normalized spacial score (nSPS) is 11.1. The molecule has 0 aliphatic heterocycles. The van der Waals surface area contributed by atoms with Crippen molar-refractivity contribution < 1.29 is 18.1 Å². The third kappa shape index (κ3) is 2.99. The summed E-state index contributed by atoms with van der Waals surface area (Å²) in [5.74, 6) is -0.464. The number of nitro benzene ring substituents is 1. The summed E-state index contributed by atoms with van der Waals surface area (Å²) < 4.78 is 24.0. The minimum absolute atomic E-state index is 0.176. The Labute approximate surface area is 114 Å².